The van der Waals surface area contributed by atoms with Crippen LogP contribution in [0.15, 0.2) is 194 Å². The third-order valence-corrected chi connectivity index (χ3v) is 21.9. The van der Waals surface area contributed by atoms with Crippen molar-refractivity contribution in [2.75, 3.05) is 9.80 Å². The molecule has 71 heavy (non-hydrogen) atoms. The highest BCUT2D eigenvalue weighted by molar-refractivity contribution is 7.26. The van der Waals surface area contributed by atoms with Crippen molar-refractivity contribution in [3.63, 3.8) is 0 Å². The van der Waals surface area contributed by atoms with Gasteiger partial charge in [-0.15, -0.1) is 22.7 Å². The molecule has 1 aliphatic carbocycles. The van der Waals surface area contributed by atoms with Gasteiger partial charge in [0, 0.05) is 59.1 Å². The fourth-order valence-electron chi connectivity index (χ4n) is 11.5. The van der Waals surface area contributed by atoms with E-state index in [9.17, 15) is 0 Å². The summed E-state index contributed by atoms with van der Waals surface area (Å²) in [6.45, 7) is 19.5. The van der Waals surface area contributed by atoms with E-state index in [0.717, 1.165) is 5.69 Å². The lowest BCUT2D eigenvalue weighted by Crippen LogP contribution is -2.37. The lowest BCUT2D eigenvalue weighted by Gasteiger charge is -2.37. The molecule has 0 aliphatic heterocycles. The number of fused-ring (bicyclic) bond motifs is 10. The van der Waals surface area contributed by atoms with Crippen LogP contribution in [0.4, 0.5) is 34.1 Å². The quantitative estimate of drug-likeness (QED) is 0.111. The average molecular weight is 985 g/mol. The molecule has 0 unspecified atom stereocenters. The molecule has 1 aliphatic rings. The predicted molar refractivity (Wildman–Crippen MR) is 320 cm³/mol. The van der Waals surface area contributed by atoms with Crippen LogP contribution in [0.1, 0.15) is 25.0 Å². The van der Waals surface area contributed by atoms with Crippen molar-refractivity contribution < 1.29 is 0 Å². The van der Waals surface area contributed by atoms with Crippen LogP contribution in [0.3, 0.4) is 0 Å². The first-order valence-corrected chi connectivity index (χ1v) is 33.6. The third kappa shape index (κ3) is 7.05. The molecule has 0 radical (unpaired) electrons. The lowest BCUT2D eigenvalue weighted by molar-refractivity contribution is 0.645. The average Bonchev–Trinajstić information content (AvgIpc) is 3.95. The molecule has 0 atom stereocenters. The number of benzene rings is 10. The van der Waals surface area contributed by atoms with E-state index in [0.29, 0.717) is 0 Å². The van der Waals surface area contributed by atoms with Crippen LogP contribution in [0, 0.1) is 0 Å². The summed E-state index contributed by atoms with van der Waals surface area (Å²) in [5.41, 5.74) is 12.2. The Morgan fingerprint density at radius 2 is 0.831 bits per heavy atom. The highest BCUT2D eigenvalue weighted by atomic mass is 32.1. The summed E-state index contributed by atoms with van der Waals surface area (Å²) in [7, 11) is -3.02. The zero-order valence-electron chi connectivity index (χ0n) is 41.7. The van der Waals surface area contributed by atoms with Crippen molar-refractivity contribution >= 4 is 145 Å². The minimum atomic E-state index is -1.51. The predicted octanol–water partition coefficient (Wildman–Crippen LogP) is 19.1. The number of anilines is 6. The topological polar surface area (TPSA) is 6.48 Å². The third-order valence-electron chi connectivity index (χ3n) is 15.3. The summed E-state index contributed by atoms with van der Waals surface area (Å²) in [6, 6.07) is 74.3. The number of nitrogens with zero attached hydrogens (tertiary/aromatic N) is 2. The summed E-state index contributed by atoms with van der Waals surface area (Å²) in [4.78, 5) is 5.02. The molecule has 6 heteroatoms. The highest BCUT2D eigenvalue weighted by Gasteiger charge is 2.35. The molecule has 0 fully saturated rings. The van der Waals surface area contributed by atoms with Crippen molar-refractivity contribution in [3.05, 3.63) is 205 Å². The Morgan fingerprint density at radius 3 is 1.38 bits per heavy atom. The number of rotatable bonds is 8. The molecule has 2 aromatic heterocycles. The SMILES string of the molecule is CC1(C)c2cc(N(c3ccc([Si](C)(C)C)cc3)c3cccc4c3sc3ccccc34)ccc2-c2cc3ccc(N(c4ccc([Si](C)(C)C)cc4)c4cccc5c4sc4ccccc45)cc3c3cccc1c23. The molecule has 0 saturated carbocycles. The largest absolute Gasteiger partial charge is 0.309 e. The molecule has 2 nitrogen and oxygen atoms in total. The monoisotopic (exact) mass is 984 g/mol. The summed E-state index contributed by atoms with van der Waals surface area (Å²) in [5, 5.41) is 13.4. The Labute approximate surface area is 427 Å². The molecule has 13 rings (SSSR count). The second-order valence-electron chi connectivity index (χ2n) is 22.2. The molecule has 0 spiro atoms. The van der Waals surface area contributed by atoms with Gasteiger partial charge < -0.3 is 9.80 Å². The van der Waals surface area contributed by atoms with Crippen LogP contribution in [0.5, 0.6) is 0 Å². The maximum absolute atomic E-state index is 2.52. The zero-order chi connectivity index (χ0) is 48.6. The Morgan fingerprint density at radius 1 is 0.366 bits per heavy atom. The molecular formula is C65H56N2S2Si2. The summed E-state index contributed by atoms with van der Waals surface area (Å²) in [6.07, 6.45) is 0. The van der Waals surface area contributed by atoms with Gasteiger partial charge >= 0.3 is 0 Å². The van der Waals surface area contributed by atoms with Gasteiger partial charge in [0.1, 0.15) is 0 Å². The molecule has 0 saturated heterocycles. The zero-order valence-corrected chi connectivity index (χ0v) is 45.3. The van der Waals surface area contributed by atoms with E-state index >= 15 is 0 Å². The van der Waals surface area contributed by atoms with Crippen LogP contribution in [-0.2, 0) is 5.41 Å². The molecule has 12 aromatic rings. The van der Waals surface area contributed by atoms with E-state index in [2.05, 4.69) is 257 Å². The van der Waals surface area contributed by atoms with E-state index in [1.807, 2.05) is 22.7 Å². The van der Waals surface area contributed by atoms with Crippen LogP contribution in [0.25, 0.3) is 73.0 Å². The number of thiophene rings is 2. The van der Waals surface area contributed by atoms with Gasteiger partial charge in [-0.3, -0.25) is 0 Å². The maximum Gasteiger partial charge on any atom is 0.0775 e. The van der Waals surface area contributed by atoms with Crippen LogP contribution in [0.2, 0.25) is 39.3 Å². The Bertz CT molecular complexity index is 4110. The Hall–Kier alpha value is -6.81. The van der Waals surface area contributed by atoms with Crippen LogP contribution >= 0.6 is 22.7 Å². The van der Waals surface area contributed by atoms with E-state index in [-0.39, 0.29) is 5.41 Å². The van der Waals surface area contributed by atoms with Gasteiger partial charge in [-0.05, 0) is 123 Å². The van der Waals surface area contributed by atoms with Gasteiger partial charge in [-0.2, -0.15) is 0 Å². The first-order valence-electron chi connectivity index (χ1n) is 25.0. The number of hydrogen-bond acceptors (Lipinski definition) is 4. The lowest BCUT2D eigenvalue weighted by atomic mass is 9.68. The van der Waals surface area contributed by atoms with Gasteiger partial charge in [0.2, 0.25) is 0 Å². The van der Waals surface area contributed by atoms with Crippen molar-refractivity contribution in [3.8, 4) is 11.1 Å². The molecule has 0 bridgehead atoms. The summed E-state index contributed by atoms with van der Waals surface area (Å²) >= 11 is 3.79. The molecule has 10 aromatic carbocycles. The Kier molecular flexibility index (Phi) is 10.0. The van der Waals surface area contributed by atoms with Gasteiger partial charge in [0.25, 0.3) is 0 Å². The molecule has 0 N–H and O–H groups in total. The summed E-state index contributed by atoms with van der Waals surface area (Å²) in [5.74, 6) is 0. The second kappa shape index (κ2) is 16.1. The molecule has 346 valence electrons. The first-order chi connectivity index (χ1) is 34.2. The van der Waals surface area contributed by atoms with Crippen LogP contribution in [-0.4, -0.2) is 16.1 Å². The maximum atomic E-state index is 2.52. The van der Waals surface area contributed by atoms with Gasteiger partial charge in [0.15, 0.2) is 0 Å². The van der Waals surface area contributed by atoms with Crippen molar-refractivity contribution in [2.24, 2.45) is 0 Å². The standard InChI is InChI=1S/C65H56N2S2Si2/c1-65(2)56-21-13-18-51-54-39-44(66(42-28-33-46(34-29-42)70(3,4)5)58-22-14-19-52-49-16-9-11-24-60(49)68-63(52)58)27-26-41(54)38-55(62(51)56)48-37-32-45(40-57(48)65)67(43-30-35-47(36-31-43)71(6,7)8)59-23-15-20-53-50-17-10-12-25-61(50)69-64(53)59/h9-40H,1-8H3. The smallest absolute Gasteiger partial charge is 0.0775 e. The van der Waals surface area contributed by atoms with Crippen molar-refractivity contribution in [2.45, 2.75) is 58.5 Å². The van der Waals surface area contributed by atoms with E-state index < -0.39 is 16.1 Å². The molecule has 0 amide bonds. The van der Waals surface area contributed by atoms with Crippen molar-refractivity contribution in [1.29, 1.82) is 0 Å². The Balaban J connectivity index is 0.990. The van der Waals surface area contributed by atoms with E-state index in [1.165, 1.54) is 123 Å². The summed E-state index contributed by atoms with van der Waals surface area (Å²) < 4.78 is 5.25. The van der Waals surface area contributed by atoms with Crippen LogP contribution < -0.4 is 20.2 Å². The fraction of sp³-hybridized carbons (Fsp3) is 0.138. The van der Waals surface area contributed by atoms with E-state index in [1.54, 1.807) is 0 Å². The minimum Gasteiger partial charge on any atom is -0.309 e. The second-order valence-corrected chi connectivity index (χ2v) is 34.4. The van der Waals surface area contributed by atoms with Gasteiger partial charge in [0.05, 0.1) is 36.9 Å². The first kappa shape index (κ1) is 44.2. The highest BCUT2D eigenvalue weighted by Crippen LogP contribution is 2.54. The van der Waals surface area contributed by atoms with Gasteiger partial charge in [-0.25, -0.2) is 0 Å². The fourth-order valence-corrected chi connectivity index (χ4v) is 16.3. The van der Waals surface area contributed by atoms with E-state index in [4.69, 9.17) is 0 Å². The number of hydrogen-bond donors (Lipinski definition) is 0. The van der Waals surface area contributed by atoms with Gasteiger partial charge in [-0.1, -0.05) is 179 Å². The normalized spacial score (nSPS) is 13.5. The molecular weight excluding hydrogens is 929 g/mol. The minimum absolute atomic E-state index is 0.277. The molecule has 2 heterocycles. The van der Waals surface area contributed by atoms with Crippen molar-refractivity contribution in [1.82, 2.24) is 0 Å².